The molecule has 1 N–H and O–H groups in total. The number of halogens is 2. The number of benzene rings is 1. The van der Waals surface area contributed by atoms with Crippen LogP contribution in [0.25, 0.3) is 0 Å². The Balaban J connectivity index is 2.41. The van der Waals surface area contributed by atoms with Crippen LogP contribution in [0.1, 0.15) is 25.7 Å². The Labute approximate surface area is 126 Å². The van der Waals surface area contributed by atoms with Gasteiger partial charge in [0, 0.05) is 17.1 Å². The number of rotatable bonds is 3. The first-order valence-electron chi connectivity index (χ1n) is 6.54. The van der Waals surface area contributed by atoms with E-state index in [2.05, 4.69) is 15.9 Å². The Kier molecular flexibility index (Phi) is 5.17. The normalized spacial score (nSPS) is 21.6. The Morgan fingerprint density at radius 2 is 2.10 bits per heavy atom. The monoisotopic (exact) mass is 365 g/mol. The maximum absolute atomic E-state index is 13.9. The van der Waals surface area contributed by atoms with Crippen molar-refractivity contribution in [3.05, 3.63) is 28.5 Å². The molecule has 0 aromatic heterocycles. The first-order valence-corrected chi connectivity index (χ1v) is 8.78. The van der Waals surface area contributed by atoms with E-state index >= 15 is 0 Å². The minimum absolute atomic E-state index is 0.239. The largest absolute Gasteiger partial charge is 0.395 e. The minimum Gasteiger partial charge on any atom is -0.395 e. The molecule has 1 atom stereocenters. The molecule has 0 saturated carbocycles. The van der Waals surface area contributed by atoms with Gasteiger partial charge in [-0.15, -0.1) is 0 Å². The van der Waals surface area contributed by atoms with Crippen molar-refractivity contribution in [1.29, 1.82) is 0 Å². The van der Waals surface area contributed by atoms with Gasteiger partial charge in [0.1, 0.15) is 10.7 Å². The summed E-state index contributed by atoms with van der Waals surface area (Å²) in [6, 6.07) is 3.43. The molecule has 1 heterocycles. The average Bonchev–Trinajstić information content (AvgIpc) is 2.63. The van der Waals surface area contributed by atoms with Crippen molar-refractivity contribution in [2.45, 2.75) is 36.6 Å². The predicted molar refractivity (Wildman–Crippen MR) is 77.3 cm³/mol. The highest BCUT2D eigenvalue weighted by molar-refractivity contribution is 9.10. The number of aliphatic hydroxyl groups excluding tert-OH is 1. The lowest BCUT2D eigenvalue weighted by molar-refractivity contribution is 0.186. The van der Waals surface area contributed by atoms with Gasteiger partial charge in [-0.1, -0.05) is 28.8 Å². The first kappa shape index (κ1) is 15.9. The molecular formula is C13H17BrFNO3S. The van der Waals surface area contributed by atoms with Gasteiger partial charge >= 0.3 is 0 Å². The number of sulfonamides is 1. The van der Waals surface area contributed by atoms with Crippen molar-refractivity contribution in [2.24, 2.45) is 0 Å². The van der Waals surface area contributed by atoms with Gasteiger partial charge in [-0.25, -0.2) is 12.8 Å². The van der Waals surface area contributed by atoms with E-state index in [0.29, 0.717) is 17.4 Å². The summed E-state index contributed by atoms with van der Waals surface area (Å²) in [5, 5.41) is 9.40. The third-order valence-corrected chi connectivity index (χ3v) is 5.99. The summed E-state index contributed by atoms with van der Waals surface area (Å²) in [6.45, 7) is 0.0838. The SMILES string of the molecule is O=S(=O)(c1ccc(Br)cc1F)N1CCCCCC1CO. The summed E-state index contributed by atoms with van der Waals surface area (Å²) in [6.07, 6.45) is 3.13. The number of hydrogen-bond donors (Lipinski definition) is 1. The van der Waals surface area contributed by atoms with Gasteiger partial charge in [0.05, 0.1) is 6.61 Å². The third-order valence-electron chi connectivity index (χ3n) is 3.51. The standard InChI is InChI=1S/C13H17BrFNO3S/c14-10-5-6-13(12(15)8-10)20(18,19)16-7-3-1-2-4-11(16)9-17/h5-6,8,11,17H,1-4,7,9H2. The lowest BCUT2D eigenvalue weighted by Crippen LogP contribution is -2.42. The molecule has 0 radical (unpaired) electrons. The number of hydrogen-bond acceptors (Lipinski definition) is 3. The van der Waals surface area contributed by atoms with Gasteiger partial charge in [0.2, 0.25) is 10.0 Å². The van der Waals surface area contributed by atoms with Crippen LogP contribution in [-0.2, 0) is 10.0 Å². The van der Waals surface area contributed by atoms with Gasteiger partial charge < -0.3 is 5.11 Å². The molecule has 112 valence electrons. The second-order valence-electron chi connectivity index (χ2n) is 4.88. The Morgan fingerprint density at radius 3 is 2.75 bits per heavy atom. The van der Waals surface area contributed by atoms with Crippen LogP contribution in [-0.4, -0.2) is 37.0 Å². The molecule has 1 fully saturated rings. The van der Waals surface area contributed by atoms with Crippen LogP contribution in [0, 0.1) is 5.82 Å². The smallest absolute Gasteiger partial charge is 0.246 e. The van der Waals surface area contributed by atoms with Gasteiger partial charge in [0.15, 0.2) is 0 Å². The van der Waals surface area contributed by atoms with E-state index in [1.165, 1.54) is 16.4 Å². The molecule has 4 nitrogen and oxygen atoms in total. The van der Waals surface area contributed by atoms with Gasteiger partial charge in [0.25, 0.3) is 0 Å². The molecule has 0 bridgehead atoms. The molecule has 0 spiro atoms. The minimum atomic E-state index is -3.92. The molecule has 1 unspecified atom stereocenters. The molecule has 1 saturated heterocycles. The lowest BCUT2D eigenvalue weighted by atomic mass is 10.1. The van der Waals surface area contributed by atoms with Crippen molar-refractivity contribution in [3.63, 3.8) is 0 Å². The molecule has 0 amide bonds. The van der Waals surface area contributed by atoms with Crippen molar-refractivity contribution in [3.8, 4) is 0 Å². The second kappa shape index (κ2) is 6.51. The Bertz CT molecular complexity index is 579. The van der Waals surface area contributed by atoms with Crippen LogP contribution in [0.3, 0.4) is 0 Å². The Hall–Kier alpha value is -0.500. The quantitative estimate of drug-likeness (QED) is 0.895. The number of aliphatic hydroxyl groups is 1. The molecular weight excluding hydrogens is 349 g/mol. The Morgan fingerprint density at radius 1 is 1.35 bits per heavy atom. The fourth-order valence-electron chi connectivity index (χ4n) is 2.46. The van der Waals surface area contributed by atoms with Gasteiger partial charge in [-0.3, -0.25) is 0 Å². The van der Waals surface area contributed by atoms with E-state index in [1.807, 2.05) is 0 Å². The first-order chi connectivity index (χ1) is 9.46. The summed E-state index contributed by atoms with van der Waals surface area (Å²) in [7, 11) is -3.92. The van der Waals surface area contributed by atoms with Crippen LogP contribution in [0.4, 0.5) is 4.39 Å². The average molecular weight is 366 g/mol. The summed E-state index contributed by atoms with van der Waals surface area (Å²) in [5.41, 5.74) is 0. The fraction of sp³-hybridized carbons (Fsp3) is 0.538. The maximum Gasteiger partial charge on any atom is 0.246 e. The van der Waals surface area contributed by atoms with E-state index in [0.717, 1.165) is 25.3 Å². The molecule has 1 aliphatic heterocycles. The highest BCUT2D eigenvalue weighted by atomic mass is 79.9. The summed E-state index contributed by atoms with van der Waals surface area (Å²) in [5.74, 6) is -0.777. The summed E-state index contributed by atoms with van der Waals surface area (Å²) in [4.78, 5) is -0.332. The highest BCUT2D eigenvalue weighted by Crippen LogP contribution is 2.27. The lowest BCUT2D eigenvalue weighted by Gasteiger charge is -2.27. The van der Waals surface area contributed by atoms with Crippen molar-refractivity contribution in [1.82, 2.24) is 4.31 Å². The molecule has 2 rings (SSSR count). The van der Waals surface area contributed by atoms with E-state index in [-0.39, 0.29) is 11.5 Å². The zero-order chi connectivity index (χ0) is 14.8. The number of nitrogens with zero attached hydrogens (tertiary/aromatic N) is 1. The molecule has 1 aromatic rings. The molecule has 7 heteroatoms. The fourth-order valence-corrected chi connectivity index (χ4v) is 4.53. The topological polar surface area (TPSA) is 57.6 Å². The van der Waals surface area contributed by atoms with Crippen molar-refractivity contribution in [2.75, 3.05) is 13.2 Å². The highest BCUT2D eigenvalue weighted by Gasteiger charge is 2.33. The molecule has 20 heavy (non-hydrogen) atoms. The van der Waals surface area contributed by atoms with E-state index < -0.39 is 21.9 Å². The summed E-state index contributed by atoms with van der Waals surface area (Å²) < 4.78 is 40.9. The van der Waals surface area contributed by atoms with Crippen LogP contribution < -0.4 is 0 Å². The zero-order valence-corrected chi connectivity index (χ0v) is 13.3. The van der Waals surface area contributed by atoms with Gasteiger partial charge in [-0.05, 0) is 31.0 Å². The van der Waals surface area contributed by atoms with Gasteiger partial charge in [-0.2, -0.15) is 4.31 Å². The van der Waals surface area contributed by atoms with Crippen molar-refractivity contribution >= 4 is 26.0 Å². The van der Waals surface area contributed by atoms with Crippen molar-refractivity contribution < 1.29 is 17.9 Å². The third kappa shape index (κ3) is 3.21. The van der Waals surface area contributed by atoms with Crippen LogP contribution in [0.5, 0.6) is 0 Å². The second-order valence-corrected chi connectivity index (χ2v) is 7.65. The zero-order valence-electron chi connectivity index (χ0n) is 10.9. The van der Waals surface area contributed by atoms with Crippen LogP contribution >= 0.6 is 15.9 Å². The van der Waals surface area contributed by atoms with Crippen LogP contribution in [0.15, 0.2) is 27.6 Å². The molecule has 0 aliphatic carbocycles. The van der Waals surface area contributed by atoms with E-state index in [9.17, 15) is 17.9 Å². The maximum atomic E-state index is 13.9. The van der Waals surface area contributed by atoms with E-state index in [4.69, 9.17) is 0 Å². The molecule has 1 aromatic carbocycles. The predicted octanol–water partition coefficient (Wildman–Crippen LogP) is 2.51. The van der Waals surface area contributed by atoms with E-state index in [1.54, 1.807) is 0 Å². The molecule has 1 aliphatic rings. The summed E-state index contributed by atoms with van der Waals surface area (Å²) >= 11 is 3.11. The van der Waals surface area contributed by atoms with Crippen LogP contribution in [0.2, 0.25) is 0 Å².